The van der Waals surface area contributed by atoms with Crippen molar-refractivity contribution in [3.63, 3.8) is 0 Å². The van der Waals surface area contributed by atoms with E-state index >= 15 is 0 Å². The van der Waals surface area contributed by atoms with Gasteiger partial charge >= 0.3 is 0 Å². The van der Waals surface area contributed by atoms with Crippen LogP contribution in [-0.4, -0.2) is 87.4 Å². The Balaban J connectivity index is 1.61. The summed E-state index contributed by atoms with van der Waals surface area (Å²) in [5.74, 6) is -5.07. The molecule has 0 spiro atoms. The number of rotatable bonds is 10. The highest BCUT2D eigenvalue weighted by Gasteiger charge is 2.48. The summed E-state index contributed by atoms with van der Waals surface area (Å²) in [6, 6.07) is 4.46. The van der Waals surface area contributed by atoms with E-state index in [1.54, 1.807) is 0 Å². The number of hydrogen-bond donors (Lipinski definition) is 5. The number of halogens is 1. The van der Waals surface area contributed by atoms with Crippen LogP contribution in [0.4, 0.5) is 4.39 Å². The third kappa shape index (κ3) is 5.20. The van der Waals surface area contributed by atoms with Crippen LogP contribution in [0.1, 0.15) is 39.9 Å². The maximum atomic E-state index is 14.9. The highest BCUT2D eigenvalue weighted by Crippen LogP contribution is 2.43. The van der Waals surface area contributed by atoms with E-state index in [9.17, 15) is 39.2 Å². The predicted molar refractivity (Wildman–Crippen MR) is 132 cm³/mol. The van der Waals surface area contributed by atoms with Crippen molar-refractivity contribution >= 4 is 18.1 Å². The summed E-state index contributed by atoms with van der Waals surface area (Å²) in [7, 11) is 1.29. The van der Waals surface area contributed by atoms with Gasteiger partial charge in [-0.1, -0.05) is 6.07 Å². The summed E-state index contributed by atoms with van der Waals surface area (Å²) < 4.78 is 26.0. The number of aromatic hydroxyl groups is 3. The first-order chi connectivity index (χ1) is 18.6. The largest absolute Gasteiger partial charge is 0.507 e. The lowest BCUT2D eigenvalue weighted by Gasteiger charge is -2.34. The zero-order chi connectivity index (χ0) is 28.3. The van der Waals surface area contributed by atoms with Crippen molar-refractivity contribution in [1.29, 1.82) is 0 Å². The fourth-order valence-corrected chi connectivity index (χ4v) is 4.77. The SMILES string of the molecule is CNC(=O)C(O)(CCC=O)N1Cc2c(OCc3c(O)c(CN4CCOCC4)c(O)c(O)c3F)cccc2C1=O. The maximum Gasteiger partial charge on any atom is 0.273 e. The van der Waals surface area contributed by atoms with E-state index in [1.165, 1.54) is 25.2 Å². The van der Waals surface area contributed by atoms with E-state index in [-0.39, 0.29) is 42.8 Å². The molecule has 12 nitrogen and oxygen atoms in total. The zero-order valence-corrected chi connectivity index (χ0v) is 21.3. The van der Waals surface area contributed by atoms with Crippen LogP contribution in [0, 0.1) is 5.82 Å². The second kappa shape index (κ2) is 11.4. The van der Waals surface area contributed by atoms with E-state index in [0.717, 1.165) is 4.90 Å². The van der Waals surface area contributed by atoms with Crippen molar-refractivity contribution in [3.05, 3.63) is 46.3 Å². The van der Waals surface area contributed by atoms with Crippen LogP contribution in [0.15, 0.2) is 18.2 Å². The summed E-state index contributed by atoms with van der Waals surface area (Å²) in [4.78, 5) is 39.4. The van der Waals surface area contributed by atoms with Crippen LogP contribution in [0.5, 0.6) is 23.0 Å². The van der Waals surface area contributed by atoms with Gasteiger partial charge in [-0.25, -0.2) is 4.39 Å². The second-order valence-corrected chi connectivity index (χ2v) is 9.27. The molecule has 0 aliphatic carbocycles. The van der Waals surface area contributed by atoms with Gasteiger partial charge in [0.05, 0.1) is 30.9 Å². The Morgan fingerprint density at radius 1 is 1.18 bits per heavy atom. The summed E-state index contributed by atoms with van der Waals surface area (Å²) in [5.41, 5.74) is -2.34. The molecule has 0 saturated carbocycles. The molecular weight excluding hydrogens is 517 g/mol. The summed E-state index contributed by atoms with van der Waals surface area (Å²) in [5, 5.41) is 44.7. The first-order valence-corrected chi connectivity index (χ1v) is 12.3. The molecule has 2 heterocycles. The highest BCUT2D eigenvalue weighted by atomic mass is 19.1. The van der Waals surface area contributed by atoms with Crippen molar-refractivity contribution in [2.24, 2.45) is 0 Å². The molecule has 0 aromatic heterocycles. The first kappa shape index (κ1) is 28.1. The summed E-state index contributed by atoms with van der Waals surface area (Å²) >= 11 is 0. The van der Waals surface area contributed by atoms with Gasteiger partial charge in [0.2, 0.25) is 5.72 Å². The molecule has 4 rings (SSSR count). The lowest BCUT2D eigenvalue weighted by molar-refractivity contribution is -0.159. The van der Waals surface area contributed by atoms with Gasteiger partial charge in [-0.15, -0.1) is 0 Å². The molecule has 1 saturated heterocycles. The van der Waals surface area contributed by atoms with Crippen LogP contribution in [-0.2, 0) is 34.0 Å². The number of phenolic OH excluding ortho intramolecular Hbond substituents is 3. The molecule has 5 N–H and O–H groups in total. The quantitative estimate of drug-likeness (QED) is 0.162. The van der Waals surface area contributed by atoms with Crippen molar-refractivity contribution in [2.45, 2.75) is 38.3 Å². The van der Waals surface area contributed by atoms with E-state index in [2.05, 4.69) is 5.32 Å². The number of amides is 2. The highest BCUT2D eigenvalue weighted by molar-refractivity contribution is 6.02. The number of hydrogen-bond acceptors (Lipinski definition) is 10. The van der Waals surface area contributed by atoms with Gasteiger partial charge in [0.1, 0.15) is 24.4 Å². The van der Waals surface area contributed by atoms with Gasteiger partial charge in [0, 0.05) is 50.7 Å². The zero-order valence-electron chi connectivity index (χ0n) is 21.3. The number of aldehydes is 1. The number of likely N-dealkylation sites (N-methyl/N-ethyl adjacent to an activating group) is 1. The van der Waals surface area contributed by atoms with E-state index in [1.807, 2.05) is 4.90 Å². The third-order valence-electron chi connectivity index (χ3n) is 6.98. The number of ether oxygens (including phenoxy) is 2. The third-order valence-corrected chi connectivity index (χ3v) is 6.98. The van der Waals surface area contributed by atoms with Crippen molar-refractivity contribution in [3.8, 4) is 23.0 Å². The lowest BCUT2D eigenvalue weighted by Crippen LogP contribution is -2.58. The Labute approximate surface area is 223 Å². The van der Waals surface area contributed by atoms with Gasteiger partial charge in [0.25, 0.3) is 11.8 Å². The Bertz CT molecular complexity index is 1280. The fraction of sp³-hybridized carbons (Fsp3) is 0.423. The number of carbonyl (C=O) groups is 3. The molecule has 2 aromatic carbocycles. The van der Waals surface area contributed by atoms with Crippen LogP contribution >= 0.6 is 0 Å². The number of nitrogens with one attached hydrogen (secondary N) is 1. The number of nitrogens with zero attached hydrogens (tertiary/aromatic N) is 2. The molecule has 2 amide bonds. The van der Waals surface area contributed by atoms with Crippen LogP contribution in [0.2, 0.25) is 0 Å². The number of phenols is 3. The molecule has 0 bridgehead atoms. The molecule has 2 aromatic rings. The standard InChI is InChI=1S/C26H30FN3O9/c1-28-25(36)26(37,6-3-9-31)30-13-16-15(24(30)35)4-2-5-19(16)39-14-18-20(27)23(34)22(33)17(21(18)32)12-29-7-10-38-11-8-29/h2,4-5,9,32-34,37H,3,6-8,10-14H2,1H3,(H,28,36). The molecule has 13 heteroatoms. The lowest BCUT2D eigenvalue weighted by atomic mass is 10.0. The first-order valence-electron chi connectivity index (χ1n) is 12.3. The molecule has 1 fully saturated rings. The number of fused-ring (bicyclic) bond motifs is 1. The molecule has 1 unspecified atom stereocenters. The summed E-state index contributed by atoms with van der Waals surface area (Å²) in [6.45, 7) is 1.14. The summed E-state index contributed by atoms with van der Waals surface area (Å²) in [6.07, 6.45) is 0.0184. The van der Waals surface area contributed by atoms with Crippen molar-refractivity contribution in [1.82, 2.24) is 15.1 Å². The average molecular weight is 548 g/mol. The fourth-order valence-electron chi connectivity index (χ4n) is 4.77. The minimum atomic E-state index is -2.30. The number of aliphatic hydroxyl groups is 1. The topological polar surface area (TPSA) is 169 Å². The van der Waals surface area contributed by atoms with Crippen molar-refractivity contribution < 1.29 is 48.7 Å². The Morgan fingerprint density at radius 3 is 2.56 bits per heavy atom. The van der Waals surface area contributed by atoms with Crippen LogP contribution in [0.3, 0.4) is 0 Å². The molecule has 210 valence electrons. The number of carbonyl (C=O) groups excluding carboxylic acids is 3. The van der Waals surface area contributed by atoms with E-state index < -0.39 is 52.8 Å². The van der Waals surface area contributed by atoms with Gasteiger partial charge in [-0.05, 0) is 12.1 Å². The maximum absolute atomic E-state index is 14.9. The number of morpholine rings is 1. The Kier molecular flexibility index (Phi) is 8.23. The molecule has 39 heavy (non-hydrogen) atoms. The number of benzene rings is 2. The van der Waals surface area contributed by atoms with Crippen molar-refractivity contribution in [2.75, 3.05) is 33.4 Å². The predicted octanol–water partition coefficient (Wildman–Crippen LogP) is 0.723. The molecule has 2 aliphatic rings. The smallest absolute Gasteiger partial charge is 0.273 e. The van der Waals surface area contributed by atoms with E-state index in [4.69, 9.17) is 9.47 Å². The van der Waals surface area contributed by atoms with Gasteiger partial charge < -0.3 is 40.0 Å². The van der Waals surface area contributed by atoms with Gasteiger partial charge in [0.15, 0.2) is 17.3 Å². The minimum Gasteiger partial charge on any atom is -0.507 e. The van der Waals surface area contributed by atoms with Crippen LogP contribution in [0.25, 0.3) is 0 Å². The normalized spacial score (nSPS) is 17.0. The van der Waals surface area contributed by atoms with Crippen LogP contribution < -0.4 is 10.1 Å². The molecular formula is C26H30FN3O9. The Hall–Kier alpha value is -3.94. The van der Waals surface area contributed by atoms with E-state index in [0.29, 0.717) is 38.2 Å². The van der Waals surface area contributed by atoms with Gasteiger partial charge in [-0.3, -0.25) is 19.4 Å². The molecule has 2 aliphatic heterocycles. The molecule has 0 radical (unpaired) electrons. The second-order valence-electron chi connectivity index (χ2n) is 9.27. The Morgan fingerprint density at radius 2 is 1.90 bits per heavy atom. The molecule has 1 atom stereocenters. The average Bonchev–Trinajstić information content (AvgIpc) is 3.30. The van der Waals surface area contributed by atoms with Gasteiger partial charge in [-0.2, -0.15) is 0 Å². The monoisotopic (exact) mass is 547 g/mol. The minimum absolute atomic E-state index is 0.0327.